The standard InChI is InChI=1S/C18H30N2O/c1-5-16(6-2)20(13-14(3)4)18(21)17(19)12-15-10-8-7-9-11-15/h7-11,14,16-17H,5-6,12-13,19H2,1-4H3/t17-/m1/s1. The van der Waals surface area contributed by atoms with Gasteiger partial charge in [0.25, 0.3) is 0 Å². The van der Waals surface area contributed by atoms with Crippen LogP contribution >= 0.6 is 0 Å². The number of hydrogen-bond acceptors (Lipinski definition) is 2. The van der Waals surface area contributed by atoms with Crippen molar-refractivity contribution in [1.82, 2.24) is 4.90 Å². The largest absolute Gasteiger partial charge is 0.338 e. The van der Waals surface area contributed by atoms with Crippen molar-refractivity contribution in [2.45, 2.75) is 59.0 Å². The first kappa shape index (κ1) is 17.7. The van der Waals surface area contributed by atoms with Crippen LogP contribution in [0.2, 0.25) is 0 Å². The molecule has 0 saturated carbocycles. The minimum atomic E-state index is -0.452. The molecule has 0 aliphatic rings. The van der Waals surface area contributed by atoms with Gasteiger partial charge in [-0.05, 0) is 30.7 Å². The topological polar surface area (TPSA) is 46.3 Å². The van der Waals surface area contributed by atoms with E-state index < -0.39 is 6.04 Å². The molecule has 0 radical (unpaired) electrons. The quantitative estimate of drug-likeness (QED) is 0.799. The second-order valence-electron chi connectivity index (χ2n) is 6.15. The van der Waals surface area contributed by atoms with Crippen molar-refractivity contribution >= 4 is 5.91 Å². The number of nitrogens with zero attached hydrogens (tertiary/aromatic N) is 1. The Labute approximate surface area is 129 Å². The lowest BCUT2D eigenvalue weighted by atomic mass is 10.0. The van der Waals surface area contributed by atoms with Gasteiger partial charge in [0.05, 0.1) is 6.04 Å². The van der Waals surface area contributed by atoms with Crippen LogP contribution in [0, 0.1) is 5.92 Å². The lowest BCUT2D eigenvalue weighted by molar-refractivity contribution is -0.135. The predicted molar refractivity (Wildman–Crippen MR) is 89.0 cm³/mol. The first-order valence-electron chi connectivity index (χ1n) is 8.09. The highest BCUT2D eigenvalue weighted by Crippen LogP contribution is 2.14. The second-order valence-corrected chi connectivity index (χ2v) is 6.15. The lowest BCUT2D eigenvalue weighted by Gasteiger charge is -2.34. The highest BCUT2D eigenvalue weighted by Gasteiger charge is 2.26. The third-order valence-corrected chi connectivity index (χ3v) is 3.84. The molecule has 0 saturated heterocycles. The summed E-state index contributed by atoms with van der Waals surface area (Å²) in [4.78, 5) is 14.7. The zero-order chi connectivity index (χ0) is 15.8. The Morgan fingerprint density at radius 3 is 2.19 bits per heavy atom. The molecule has 0 fully saturated rings. The molecule has 1 rings (SSSR count). The molecule has 21 heavy (non-hydrogen) atoms. The molecule has 3 nitrogen and oxygen atoms in total. The van der Waals surface area contributed by atoms with Gasteiger partial charge in [-0.2, -0.15) is 0 Å². The molecule has 0 bridgehead atoms. The van der Waals surface area contributed by atoms with E-state index in [1.54, 1.807) is 0 Å². The van der Waals surface area contributed by atoms with Crippen molar-refractivity contribution < 1.29 is 4.79 Å². The van der Waals surface area contributed by atoms with E-state index in [4.69, 9.17) is 5.73 Å². The summed E-state index contributed by atoms with van der Waals surface area (Å²) in [7, 11) is 0. The van der Waals surface area contributed by atoms with Gasteiger partial charge >= 0.3 is 0 Å². The van der Waals surface area contributed by atoms with Crippen LogP contribution in [0.1, 0.15) is 46.1 Å². The monoisotopic (exact) mass is 290 g/mol. The highest BCUT2D eigenvalue weighted by molar-refractivity contribution is 5.82. The summed E-state index contributed by atoms with van der Waals surface area (Å²) in [6, 6.07) is 9.84. The fourth-order valence-corrected chi connectivity index (χ4v) is 2.71. The predicted octanol–water partition coefficient (Wildman–Crippen LogP) is 3.23. The lowest BCUT2D eigenvalue weighted by Crippen LogP contribution is -2.50. The third-order valence-electron chi connectivity index (χ3n) is 3.84. The number of rotatable bonds is 8. The molecule has 2 N–H and O–H groups in total. The summed E-state index contributed by atoms with van der Waals surface area (Å²) in [5.41, 5.74) is 7.30. The maximum Gasteiger partial charge on any atom is 0.240 e. The van der Waals surface area contributed by atoms with Crippen molar-refractivity contribution in [3.8, 4) is 0 Å². The second kappa shape index (κ2) is 8.83. The van der Waals surface area contributed by atoms with Crippen LogP contribution in [0.25, 0.3) is 0 Å². The van der Waals surface area contributed by atoms with Gasteiger partial charge in [-0.3, -0.25) is 4.79 Å². The summed E-state index contributed by atoms with van der Waals surface area (Å²) >= 11 is 0. The molecule has 1 atom stereocenters. The molecule has 0 unspecified atom stereocenters. The molecule has 0 aliphatic heterocycles. The maximum absolute atomic E-state index is 12.7. The first-order chi connectivity index (χ1) is 9.99. The molecule has 1 aromatic carbocycles. The van der Waals surface area contributed by atoms with Crippen molar-refractivity contribution in [1.29, 1.82) is 0 Å². The van der Waals surface area contributed by atoms with Gasteiger partial charge in [0.1, 0.15) is 0 Å². The average Bonchev–Trinajstić information content (AvgIpc) is 2.47. The van der Waals surface area contributed by atoms with Crippen LogP contribution < -0.4 is 5.73 Å². The molecule has 0 spiro atoms. The smallest absolute Gasteiger partial charge is 0.240 e. The molecular formula is C18H30N2O. The van der Waals surface area contributed by atoms with E-state index in [0.717, 1.165) is 24.9 Å². The minimum absolute atomic E-state index is 0.0845. The Bertz CT molecular complexity index is 412. The van der Waals surface area contributed by atoms with Crippen LogP contribution in [-0.4, -0.2) is 29.4 Å². The maximum atomic E-state index is 12.7. The SMILES string of the molecule is CCC(CC)N(CC(C)C)C(=O)[C@H](N)Cc1ccccc1. The molecule has 1 aromatic rings. The van der Waals surface area contributed by atoms with E-state index in [1.807, 2.05) is 35.2 Å². The highest BCUT2D eigenvalue weighted by atomic mass is 16.2. The molecule has 118 valence electrons. The Balaban J connectivity index is 2.78. The van der Waals surface area contributed by atoms with E-state index in [9.17, 15) is 4.79 Å². The van der Waals surface area contributed by atoms with Gasteiger partial charge in [-0.15, -0.1) is 0 Å². The Morgan fingerprint density at radius 1 is 1.14 bits per heavy atom. The Morgan fingerprint density at radius 2 is 1.71 bits per heavy atom. The van der Waals surface area contributed by atoms with E-state index in [-0.39, 0.29) is 5.91 Å². The van der Waals surface area contributed by atoms with Gasteiger partial charge < -0.3 is 10.6 Å². The number of hydrogen-bond donors (Lipinski definition) is 1. The first-order valence-corrected chi connectivity index (χ1v) is 8.09. The minimum Gasteiger partial charge on any atom is -0.338 e. The normalized spacial score (nSPS) is 12.7. The van der Waals surface area contributed by atoms with E-state index in [2.05, 4.69) is 27.7 Å². The molecule has 1 amide bonds. The number of carbonyl (C=O) groups is 1. The van der Waals surface area contributed by atoms with Crippen LogP contribution in [0.3, 0.4) is 0 Å². The van der Waals surface area contributed by atoms with Gasteiger partial charge in [0, 0.05) is 12.6 Å². The van der Waals surface area contributed by atoms with Crippen LogP contribution in [0.15, 0.2) is 30.3 Å². The summed E-state index contributed by atoms with van der Waals surface area (Å²) in [5.74, 6) is 0.541. The van der Waals surface area contributed by atoms with Crippen LogP contribution in [0.4, 0.5) is 0 Å². The molecule has 0 heterocycles. The fraction of sp³-hybridized carbons (Fsp3) is 0.611. The number of nitrogens with two attached hydrogens (primary N) is 1. The van der Waals surface area contributed by atoms with Gasteiger partial charge in [-0.25, -0.2) is 0 Å². The summed E-state index contributed by atoms with van der Waals surface area (Å²) in [6.45, 7) is 9.35. The zero-order valence-electron chi connectivity index (χ0n) is 13.9. The third kappa shape index (κ3) is 5.50. The number of carbonyl (C=O) groups excluding carboxylic acids is 1. The average molecular weight is 290 g/mol. The molecular weight excluding hydrogens is 260 g/mol. The van der Waals surface area contributed by atoms with Crippen molar-refractivity contribution in [2.75, 3.05) is 6.54 Å². The van der Waals surface area contributed by atoms with Crippen LogP contribution in [-0.2, 0) is 11.2 Å². The Kier molecular flexibility index (Phi) is 7.44. The summed E-state index contributed by atoms with van der Waals surface area (Å²) in [5, 5.41) is 0. The Hall–Kier alpha value is -1.35. The number of benzene rings is 1. The van der Waals surface area contributed by atoms with E-state index >= 15 is 0 Å². The molecule has 0 aliphatic carbocycles. The fourth-order valence-electron chi connectivity index (χ4n) is 2.71. The summed E-state index contributed by atoms with van der Waals surface area (Å²) in [6.07, 6.45) is 2.56. The van der Waals surface area contributed by atoms with Crippen molar-refractivity contribution in [2.24, 2.45) is 11.7 Å². The van der Waals surface area contributed by atoms with Crippen molar-refractivity contribution in [3.63, 3.8) is 0 Å². The van der Waals surface area contributed by atoms with Gasteiger partial charge in [0.15, 0.2) is 0 Å². The zero-order valence-corrected chi connectivity index (χ0v) is 13.9. The number of amides is 1. The van der Waals surface area contributed by atoms with Crippen molar-refractivity contribution in [3.05, 3.63) is 35.9 Å². The van der Waals surface area contributed by atoms with E-state index in [0.29, 0.717) is 18.4 Å². The van der Waals surface area contributed by atoms with Gasteiger partial charge in [0.2, 0.25) is 5.91 Å². The van der Waals surface area contributed by atoms with Crippen LogP contribution in [0.5, 0.6) is 0 Å². The van der Waals surface area contributed by atoms with E-state index in [1.165, 1.54) is 0 Å². The summed E-state index contributed by atoms with van der Waals surface area (Å²) < 4.78 is 0. The van der Waals surface area contributed by atoms with Gasteiger partial charge in [-0.1, -0.05) is 58.0 Å². The molecule has 3 heteroatoms. The molecule has 0 aromatic heterocycles.